The standard InChI is InChI=1S/C8H9NO2/c1-9-5-4-7(6-9)2-3-8(10)11/h2-6H,1H3,(H,10,11). The highest BCUT2D eigenvalue weighted by molar-refractivity contribution is 5.85. The van der Waals surface area contributed by atoms with Crippen LogP contribution in [0.25, 0.3) is 6.08 Å². The molecule has 0 fully saturated rings. The highest BCUT2D eigenvalue weighted by atomic mass is 16.4. The number of carboxylic acids is 1. The van der Waals surface area contributed by atoms with Gasteiger partial charge >= 0.3 is 5.97 Å². The van der Waals surface area contributed by atoms with Gasteiger partial charge in [0.2, 0.25) is 0 Å². The van der Waals surface area contributed by atoms with Crippen molar-refractivity contribution in [2.24, 2.45) is 7.05 Å². The molecule has 3 nitrogen and oxygen atoms in total. The summed E-state index contributed by atoms with van der Waals surface area (Å²) in [5, 5.41) is 8.29. The molecule has 0 aromatic carbocycles. The number of hydrogen-bond acceptors (Lipinski definition) is 1. The molecule has 1 aromatic heterocycles. The van der Waals surface area contributed by atoms with Crippen LogP contribution in [0.4, 0.5) is 0 Å². The summed E-state index contributed by atoms with van der Waals surface area (Å²) in [5.41, 5.74) is 0.898. The first-order valence-electron chi connectivity index (χ1n) is 3.21. The van der Waals surface area contributed by atoms with E-state index in [2.05, 4.69) is 0 Å². The van der Waals surface area contributed by atoms with Crippen LogP contribution in [0, 0.1) is 0 Å². The fourth-order valence-corrected chi connectivity index (χ4v) is 0.791. The SMILES string of the molecule is Cn1ccc(C=CC(=O)O)c1. The Hall–Kier alpha value is -1.51. The molecule has 0 spiro atoms. The Labute approximate surface area is 64.6 Å². The fraction of sp³-hybridized carbons (Fsp3) is 0.125. The van der Waals surface area contributed by atoms with Gasteiger partial charge in [0, 0.05) is 25.5 Å². The van der Waals surface area contributed by atoms with Crippen molar-refractivity contribution >= 4 is 12.0 Å². The van der Waals surface area contributed by atoms with Crippen LogP contribution in [0.5, 0.6) is 0 Å². The van der Waals surface area contributed by atoms with Crippen LogP contribution in [0.3, 0.4) is 0 Å². The Morgan fingerprint density at radius 3 is 2.91 bits per heavy atom. The zero-order valence-electron chi connectivity index (χ0n) is 6.19. The second-order valence-electron chi connectivity index (χ2n) is 2.28. The Morgan fingerprint density at radius 1 is 1.73 bits per heavy atom. The van der Waals surface area contributed by atoms with Crippen molar-refractivity contribution in [3.8, 4) is 0 Å². The molecule has 1 heterocycles. The Kier molecular flexibility index (Phi) is 2.11. The van der Waals surface area contributed by atoms with Gasteiger partial charge in [0.05, 0.1) is 0 Å². The average molecular weight is 151 g/mol. The van der Waals surface area contributed by atoms with E-state index in [9.17, 15) is 4.79 Å². The first-order chi connectivity index (χ1) is 5.18. The van der Waals surface area contributed by atoms with E-state index in [-0.39, 0.29) is 0 Å². The van der Waals surface area contributed by atoms with Gasteiger partial charge in [-0.2, -0.15) is 0 Å². The molecule has 1 aromatic rings. The van der Waals surface area contributed by atoms with E-state index in [0.29, 0.717) is 0 Å². The maximum absolute atomic E-state index is 10.1. The Bertz CT molecular complexity index is 286. The van der Waals surface area contributed by atoms with E-state index in [1.165, 1.54) is 0 Å². The largest absolute Gasteiger partial charge is 0.478 e. The quantitative estimate of drug-likeness (QED) is 0.643. The molecule has 0 aliphatic heterocycles. The third kappa shape index (κ3) is 2.29. The molecule has 11 heavy (non-hydrogen) atoms. The van der Waals surface area contributed by atoms with Crippen LogP contribution < -0.4 is 0 Å². The average Bonchev–Trinajstić information content (AvgIpc) is 2.31. The molecule has 0 bridgehead atoms. The summed E-state index contributed by atoms with van der Waals surface area (Å²) in [4.78, 5) is 10.1. The van der Waals surface area contributed by atoms with Gasteiger partial charge in [0.15, 0.2) is 0 Å². The topological polar surface area (TPSA) is 42.2 Å². The van der Waals surface area contributed by atoms with Gasteiger partial charge in [0.25, 0.3) is 0 Å². The molecule has 1 rings (SSSR count). The van der Waals surface area contributed by atoms with Crippen LogP contribution in [0.15, 0.2) is 24.5 Å². The van der Waals surface area contributed by atoms with Crippen LogP contribution >= 0.6 is 0 Å². The van der Waals surface area contributed by atoms with Crippen molar-refractivity contribution in [3.05, 3.63) is 30.1 Å². The lowest BCUT2D eigenvalue weighted by Gasteiger charge is -1.83. The molecule has 0 amide bonds. The number of hydrogen-bond donors (Lipinski definition) is 1. The normalized spacial score (nSPS) is 10.6. The summed E-state index contributed by atoms with van der Waals surface area (Å²) in [6, 6.07) is 1.85. The summed E-state index contributed by atoms with van der Waals surface area (Å²) in [6.07, 6.45) is 6.39. The lowest BCUT2D eigenvalue weighted by atomic mass is 10.3. The maximum Gasteiger partial charge on any atom is 0.328 e. The highest BCUT2D eigenvalue weighted by Gasteiger charge is 1.89. The first-order valence-corrected chi connectivity index (χ1v) is 3.21. The molecule has 0 atom stereocenters. The zero-order chi connectivity index (χ0) is 8.27. The molecule has 0 aliphatic rings. The van der Waals surface area contributed by atoms with E-state index >= 15 is 0 Å². The second-order valence-corrected chi connectivity index (χ2v) is 2.28. The van der Waals surface area contributed by atoms with Crippen molar-refractivity contribution in [2.75, 3.05) is 0 Å². The number of aliphatic carboxylic acids is 1. The third-order valence-electron chi connectivity index (χ3n) is 1.27. The Balaban J connectivity index is 2.71. The van der Waals surface area contributed by atoms with E-state index in [0.717, 1.165) is 11.6 Å². The van der Waals surface area contributed by atoms with Gasteiger partial charge in [-0.05, 0) is 17.7 Å². The summed E-state index contributed by atoms with van der Waals surface area (Å²) in [5.74, 6) is -0.922. The smallest absolute Gasteiger partial charge is 0.328 e. The minimum atomic E-state index is -0.922. The van der Waals surface area contributed by atoms with Crippen LogP contribution in [-0.4, -0.2) is 15.6 Å². The van der Waals surface area contributed by atoms with Gasteiger partial charge in [-0.25, -0.2) is 4.79 Å². The molecule has 0 unspecified atom stereocenters. The van der Waals surface area contributed by atoms with Gasteiger partial charge in [0.1, 0.15) is 0 Å². The van der Waals surface area contributed by atoms with Gasteiger partial charge in [-0.15, -0.1) is 0 Å². The number of nitrogens with zero attached hydrogens (tertiary/aromatic N) is 1. The molecule has 0 radical (unpaired) electrons. The minimum absolute atomic E-state index is 0.898. The number of aryl methyl sites for hydroxylation is 1. The molecule has 0 saturated carbocycles. The highest BCUT2D eigenvalue weighted by Crippen LogP contribution is 2.01. The van der Waals surface area contributed by atoms with Crippen molar-refractivity contribution in [3.63, 3.8) is 0 Å². The molecule has 0 aliphatic carbocycles. The lowest BCUT2D eigenvalue weighted by Crippen LogP contribution is -1.85. The third-order valence-corrected chi connectivity index (χ3v) is 1.27. The predicted molar refractivity (Wildman–Crippen MR) is 42.1 cm³/mol. The van der Waals surface area contributed by atoms with Crippen molar-refractivity contribution in [2.45, 2.75) is 0 Å². The van der Waals surface area contributed by atoms with E-state index in [1.54, 1.807) is 6.08 Å². The molecule has 58 valence electrons. The number of carboxylic acid groups (broad SMARTS) is 1. The molecule has 3 heteroatoms. The van der Waals surface area contributed by atoms with Crippen LogP contribution in [-0.2, 0) is 11.8 Å². The molecule has 0 saturated heterocycles. The zero-order valence-corrected chi connectivity index (χ0v) is 6.19. The molecule has 1 N–H and O–H groups in total. The van der Waals surface area contributed by atoms with Crippen molar-refractivity contribution in [1.29, 1.82) is 0 Å². The van der Waals surface area contributed by atoms with E-state index < -0.39 is 5.97 Å². The van der Waals surface area contributed by atoms with Gasteiger partial charge in [-0.1, -0.05) is 0 Å². The minimum Gasteiger partial charge on any atom is -0.478 e. The van der Waals surface area contributed by atoms with E-state index in [1.807, 2.05) is 30.1 Å². The fourth-order valence-electron chi connectivity index (χ4n) is 0.791. The van der Waals surface area contributed by atoms with Crippen LogP contribution in [0.1, 0.15) is 5.56 Å². The van der Waals surface area contributed by atoms with Gasteiger partial charge < -0.3 is 9.67 Å². The van der Waals surface area contributed by atoms with Crippen molar-refractivity contribution in [1.82, 2.24) is 4.57 Å². The number of carbonyl (C=O) groups is 1. The first kappa shape index (κ1) is 7.60. The van der Waals surface area contributed by atoms with Crippen LogP contribution in [0.2, 0.25) is 0 Å². The summed E-state index contributed by atoms with van der Waals surface area (Å²) < 4.78 is 1.86. The number of aromatic nitrogens is 1. The Morgan fingerprint density at radius 2 is 2.45 bits per heavy atom. The van der Waals surface area contributed by atoms with Crippen molar-refractivity contribution < 1.29 is 9.90 Å². The molecular formula is C8H9NO2. The molecular weight excluding hydrogens is 142 g/mol. The lowest BCUT2D eigenvalue weighted by molar-refractivity contribution is -0.131. The second kappa shape index (κ2) is 3.05. The number of rotatable bonds is 2. The summed E-state index contributed by atoms with van der Waals surface area (Å²) in [6.45, 7) is 0. The van der Waals surface area contributed by atoms with E-state index in [4.69, 9.17) is 5.11 Å². The predicted octanol–water partition coefficient (Wildman–Crippen LogP) is 1.12. The monoisotopic (exact) mass is 151 g/mol. The van der Waals surface area contributed by atoms with Gasteiger partial charge in [-0.3, -0.25) is 0 Å². The summed E-state index contributed by atoms with van der Waals surface area (Å²) >= 11 is 0. The maximum atomic E-state index is 10.1. The summed E-state index contributed by atoms with van der Waals surface area (Å²) in [7, 11) is 1.89.